The summed E-state index contributed by atoms with van der Waals surface area (Å²) in [5, 5.41) is 8.92. The maximum Gasteiger partial charge on any atom is 0.305 e. The number of aliphatic carboxylic acids is 1. The Morgan fingerprint density at radius 3 is 2.46 bits per heavy atom. The smallest absolute Gasteiger partial charge is 0.305 e. The molecule has 1 aromatic carbocycles. The van der Waals surface area contributed by atoms with Crippen LogP contribution >= 0.6 is 0 Å². The van der Waals surface area contributed by atoms with Gasteiger partial charge in [0.2, 0.25) is 11.8 Å². The molecule has 0 saturated carbocycles. The highest BCUT2D eigenvalue weighted by atomic mass is 16.4. The van der Waals surface area contributed by atoms with Gasteiger partial charge in [0, 0.05) is 32.5 Å². The van der Waals surface area contributed by atoms with Crippen molar-refractivity contribution < 1.29 is 19.5 Å². The second-order valence-electron chi connectivity index (χ2n) is 7.17. The number of carboxylic acids is 1. The number of carboxylic acid groups (broad SMARTS) is 1. The lowest BCUT2D eigenvalue weighted by Crippen LogP contribution is -2.54. The molecule has 1 heterocycles. The molecule has 142 valence electrons. The van der Waals surface area contributed by atoms with Crippen molar-refractivity contribution in [3.05, 3.63) is 35.4 Å². The summed E-state index contributed by atoms with van der Waals surface area (Å²) in [4.78, 5) is 40.0. The van der Waals surface area contributed by atoms with Crippen LogP contribution in [-0.4, -0.2) is 51.8 Å². The molecule has 0 radical (unpaired) electrons. The lowest BCUT2D eigenvalue weighted by atomic mass is 9.92. The number of benzene rings is 1. The van der Waals surface area contributed by atoms with Crippen LogP contribution in [0.3, 0.4) is 0 Å². The summed E-state index contributed by atoms with van der Waals surface area (Å²) < 4.78 is 0. The van der Waals surface area contributed by atoms with E-state index in [0.29, 0.717) is 25.9 Å². The SMILES string of the molecule is CCN(CCC(=O)O)C(=O)C1Cc2ccccc2CN1C(=O)CC(C)C. The van der Waals surface area contributed by atoms with E-state index in [1.54, 1.807) is 9.80 Å². The highest BCUT2D eigenvalue weighted by molar-refractivity contribution is 5.89. The maximum atomic E-state index is 13.1. The van der Waals surface area contributed by atoms with Gasteiger partial charge in [0.1, 0.15) is 6.04 Å². The van der Waals surface area contributed by atoms with Crippen molar-refractivity contribution in [3.63, 3.8) is 0 Å². The minimum atomic E-state index is -0.932. The fraction of sp³-hybridized carbons (Fsp3) is 0.550. The van der Waals surface area contributed by atoms with Crippen LogP contribution in [0.25, 0.3) is 0 Å². The molecule has 26 heavy (non-hydrogen) atoms. The standard InChI is InChI=1S/C20H28N2O4/c1-4-21(10-9-19(24)25)20(26)17-12-15-7-5-6-8-16(15)13-22(17)18(23)11-14(2)3/h5-8,14,17H,4,9-13H2,1-3H3,(H,24,25). The number of hydrogen-bond acceptors (Lipinski definition) is 3. The predicted molar refractivity (Wildman–Crippen MR) is 98.4 cm³/mol. The Kier molecular flexibility index (Phi) is 6.77. The number of fused-ring (bicyclic) bond motifs is 1. The monoisotopic (exact) mass is 360 g/mol. The van der Waals surface area contributed by atoms with Crippen LogP contribution in [0.4, 0.5) is 0 Å². The van der Waals surface area contributed by atoms with Gasteiger partial charge in [-0.15, -0.1) is 0 Å². The average molecular weight is 360 g/mol. The third-order valence-corrected chi connectivity index (χ3v) is 4.73. The molecule has 1 N–H and O–H groups in total. The van der Waals surface area contributed by atoms with E-state index in [2.05, 4.69) is 0 Å². The van der Waals surface area contributed by atoms with Crippen molar-refractivity contribution in [1.82, 2.24) is 9.80 Å². The van der Waals surface area contributed by atoms with Gasteiger partial charge in [0.15, 0.2) is 0 Å². The Morgan fingerprint density at radius 1 is 1.23 bits per heavy atom. The van der Waals surface area contributed by atoms with Gasteiger partial charge in [-0.25, -0.2) is 0 Å². The molecule has 0 aromatic heterocycles. The average Bonchev–Trinajstić information content (AvgIpc) is 2.60. The predicted octanol–water partition coefficient (Wildman–Crippen LogP) is 2.31. The van der Waals surface area contributed by atoms with Gasteiger partial charge < -0.3 is 14.9 Å². The number of likely N-dealkylation sites (N-methyl/N-ethyl adjacent to an activating group) is 1. The van der Waals surface area contributed by atoms with E-state index in [1.165, 1.54) is 0 Å². The molecule has 1 atom stereocenters. The van der Waals surface area contributed by atoms with E-state index < -0.39 is 12.0 Å². The Hall–Kier alpha value is -2.37. The van der Waals surface area contributed by atoms with Gasteiger partial charge >= 0.3 is 5.97 Å². The molecule has 0 spiro atoms. The van der Waals surface area contributed by atoms with Crippen LogP contribution in [0.1, 0.15) is 44.7 Å². The molecule has 1 aliphatic heterocycles. The Morgan fingerprint density at radius 2 is 1.88 bits per heavy atom. The summed E-state index contributed by atoms with van der Waals surface area (Å²) in [5.74, 6) is -0.912. The molecule has 0 fully saturated rings. The Balaban J connectivity index is 2.26. The van der Waals surface area contributed by atoms with Gasteiger partial charge in [-0.2, -0.15) is 0 Å². The van der Waals surface area contributed by atoms with Crippen molar-refractivity contribution in [2.24, 2.45) is 5.92 Å². The number of carbonyl (C=O) groups excluding carboxylic acids is 2. The highest BCUT2D eigenvalue weighted by Gasteiger charge is 2.36. The summed E-state index contributed by atoms with van der Waals surface area (Å²) in [5.41, 5.74) is 2.15. The van der Waals surface area contributed by atoms with Crippen LogP contribution in [0.2, 0.25) is 0 Å². The number of hydrogen-bond donors (Lipinski definition) is 1. The van der Waals surface area contributed by atoms with Crippen molar-refractivity contribution in [2.75, 3.05) is 13.1 Å². The van der Waals surface area contributed by atoms with E-state index in [-0.39, 0.29) is 30.7 Å². The van der Waals surface area contributed by atoms with E-state index in [1.807, 2.05) is 45.0 Å². The van der Waals surface area contributed by atoms with E-state index in [0.717, 1.165) is 11.1 Å². The second-order valence-corrected chi connectivity index (χ2v) is 7.17. The molecule has 6 nitrogen and oxygen atoms in total. The molecule has 6 heteroatoms. The van der Waals surface area contributed by atoms with Crippen LogP contribution < -0.4 is 0 Å². The fourth-order valence-electron chi connectivity index (χ4n) is 3.34. The molecular weight excluding hydrogens is 332 g/mol. The summed E-state index contributed by atoms with van der Waals surface area (Å²) in [6.07, 6.45) is 0.776. The molecule has 1 unspecified atom stereocenters. The normalized spacial score (nSPS) is 16.3. The number of nitrogens with zero attached hydrogens (tertiary/aromatic N) is 2. The minimum Gasteiger partial charge on any atom is -0.481 e. The third-order valence-electron chi connectivity index (χ3n) is 4.73. The quantitative estimate of drug-likeness (QED) is 0.809. The zero-order valence-electron chi connectivity index (χ0n) is 15.8. The molecule has 2 amide bonds. The topological polar surface area (TPSA) is 77.9 Å². The van der Waals surface area contributed by atoms with Crippen molar-refractivity contribution in [3.8, 4) is 0 Å². The summed E-state index contributed by atoms with van der Waals surface area (Å²) in [6, 6.07) is 7.30. The minimum absolute atomic E-state index is 0.0258. The zero-order valence-corrected chi connectivity index (χ0v) is 15.8. The van der Waals surface area contributed by atoms with Gasteiger partial charge in [-0.05, 0) is 24.0 Å². The van der Waals surface area contributed by atoms with Gasteiger partial charge in [-0.3, -0.25) is 14.4 Å². The van der Waals surface area contributed by atoms with Crippen LogP contribution in [0, 0.1) is 5.92 Å². The first-order chi connectivity index (χ1) is 12.3. The van der Waals surface area contributed by atoms with Gasteiger partial charge in [0.25, 0.3) is 0 Å². The number of carbonyl (C=O) groups is 3. The molecule has 0 saturated heterocycles. The Labute approximate surface area is 154 Å². The maximum absolute atomic E-state index is 13.1. The Bertz CT molecular complexity index is 672. The summed E-state index contributed by atoms with van der Waals surface area (Å²) in [6.45, 7) is 6.81. The van der Waals surface area contributed by atoms with E-state index >= 15 is 0 Å². The van der Waals surface area contributed by atoms with Crippen LogP contribution in [0.15, 0.2) is 24.3 Å². The first-order valence-corrected chi connectivity index (χ1v) is 9.20. The molecule has 0 bridgehead atoms. The van der Waals surface area contributed by atoms with Crippen molar-refractivity contribution in [2.45, 2.75) is 52.6 Å². The van der Waals surface area contributed by atoms with Crippen molar-refractivity contribution in [1.29, 1.82) is 0 Å². The summed E-state index contributed by atoms with van der Waals surface area (Å²) >= 11 is 0. The number of amides is 2. The van der Waals surface area contributed by atoms with Gasteiger partial charge in [0.05, 0.1) is 6.42 Å². The largest absolute Gasteiger partial charge is 0.481 e. The first kappa shape index (κ1) is 19.9. The number of rotatable bonds is 7. The van der Waals surface area contributed by atoms with Crippen LogP contribution in [-0.2, 0) is 27.3 Å². The summed E-state index contributed by atoms with van der Waals surface area (Å²) in [7, 11) is 0. The molecule has 2 rings (SSSR count). The zero-order chi connectivity index (χ0) is 19.3. The molecular formula is C20H28N2O4. The van der Waals surface area contributed by atoms with E-state index in [4.69, 9.17) is 5.11 Å². The third kappa shape index (κ3) is 4.84. The highest BCUT2D eigenvalue weighted by Crippen LogP contribution is 2.26. The van der Waals surface area contributed by atoms with Crippen molar-refractivity contribution >= 4 is 17.8 Å². The van der Waals surface area contributed by atoms with Crippen LogP contribution in [0.5, 0.6) is 0 Å². The first-order valence-electron chi connectivity index (χ1n) is 9.20. The lowest BCUT2D eigenvalue weighted by Gasteiger charge is -2.38. The fourth-order valence-corrected chi connectivity index (χ4v) is 3.34. The molecule has 1 aliphatic rings. The molecule has 0 aliphatic carbocycles. The second kappa shape index (κ2) is 8.83. The molecule has 1 aromatic rings. The lowest BCUT2D eigenvalue weighted by molar-refractivity contribution is -0.148. The van der Waals surface area contributed by atoms with Gasteiger partial charge in [-0.1, -0.05) is 38.1 Å². The van der Waals surface area contributed by atoms with E-state index in [9.17, 15) is 14.4 Å².